The topological polar surface area (TPSA) is 50.2 Å². The Morgan fingerprint density at radius 3 is 2.82 bits per heavy atom. The predicted octanol–water partition coefficient (Wildman–Crippen LogP) is 3.32. The Morgan fingerprint density at radius 1 is 1.59 bits per heavy atom. The highest BCUT2D eigenvalue weighted by Gasteiger charge is 2.29. The van der Waals surface area contributed by atoms with E-state index in [-0.39, 0.29) is 0 Å². The van der Waals surface area contributed by atoms with Crippen LogP contribution < -0.4 is 0 Å². The van der Waals surface area contributed by atoms with Gasteiger partial charge in [-0.3, -0.25) is 0 Å². The summed E-state index contributed by atoms with van der Waals surface area (Å²) in [4.78, 5) is 16.2. The summed E-state index contributed by atoms with van der Waals surface area (Å²) in [6.45, 7) is 4.34. The van der Waals surface area contributed by atoms with Gasteiger partial charge in [-0.25, -0.2) is 9.78 Å². The Balaban J connectivity index is 2.22. The van der Waals surface area contributed by atoms with Gasteiger partial charge in [0, 0.05) is 18.4 Å². The van der Waals surface area contributed by atoms with Crippen molar-refractivity contribution in [3.8, 4) is 0 Å². The van der Waals surface area contributed by atoms with Gasteiger partial charge in [-0.15, -0.1) is 11.3 Å². The Bertz CT molecular complexity index is 444. The van der Waals surface area contributed by atoms with Crippen LogP contribution in [0, 0.1) is 5.92 Å². The molecule has 0 aromatic carbocycles. The van der Waals surface area contributed by atoms with Gasteiger partial charge in [0.1, 0.15) is 0 Å². The van der Waals surface area contributed by atoms with Crippen LogP contribution in [0.2, 0.25) is 0 Å². The van der Waals surface area contributed by atoms with E-state index in [4.69, 9.17) is 5.11 Å². The van der Waals surface area contributed by atoms with Gasteiger partial charge in [-0.2, -0.15) is 0 Å². The van der Waals surface area contributed by atoms with Gasteiger partial charge in [0.05, 0.1) is 15.6 Å². The number of carboxylic acid groups (broad SMARTS) is 1. The Kier molecular flexibility index (Phi) is 3.62. The normalized spacial score (nSPS) is 15.9. The molecule has 0 bridgehead atoms. The summed E-state index contributed by atoms with van der Waals surface area (Å²) in [5.41, 5.74) is 1.11. The van der Waals surface area contributed by atoms with E-state index in [0.29, 0.717) is 11.8 Å². The number of hydrogen-bond acceptors (Lipinski definition) is 3. The van der Waals surface area contributed by atoms with Crippen LogP contribution >= 0.6 is 11.3 Å². The lowest BCUT2D eigenvalue weighted by molar-refractivity contribution is -0.131. The number of aliphatic carboxylic acids is 1. The molecule has 1 N–H and O–H groups in total. The van der Waals surface area contributed by atoms with Gasteiger partial charge in [0.2, 0.25) is 0 Å². The molecule has 17 heavy (non-hydrogen) atoms. The maximum Gasteiger partial charge on any atom is 0.328 e. The highest BCUT2D eigenvalue weighted by Crippen LogP contribution is 2.43. The van der Waals surface area contributed by atoms with Gasteiger partial charge in [-0.05, 0) is 24.8 Å². The van der Waals surface area contributed by atoms with Gasteiger partial charge in [0.25, 0.3) is 0 Å². The summed E-state index contributed by atoms with van der Waals surface area (Å²) in [5, 5.41) is 9.80. The Morgan fingerprint density at radius 2 is 2.29 bits per heavy atom. The highest BCUT2D eigenvalue weighted by molar-refractivity contribution is 7.12. The van der Waals surface area contributed by atoms with E-state index in [1.54, 1.807) is 17.4 Å². The third-order valence-corrected chi connectivity index (χ3v) is 3.71. The first-order chi connectivity index (χ1) is 8.06. The molecule has 1 aromatic heterocycles. The predicted molar refractivity (Wildman–Crippen MR) is 69.3 cm³/mol. The molecule has 1 saturated carbocycles. The van der Waals surface area contributed by atoms with Crippen molar-refractivity contribution in [1.29, 1.82) is 0 Å². The number of rotatable bonds is 5. The van der Waals surface area contributed by atoms with Crippen molar-refractivity contribution in [3.05, 3.63) is 21.7 Å². The molecule has 3 nitrogen and oxygen atoms in total. The first-order valence-electron chi connectivity index (χ1n) is 5.97. The Hall–Kier alpha value is -1.16. The van der Waals surface area contributed by atoms with Gasteiger partial charge >= 0.3 is 5.97 Å². The summed E-state index contributed by atoms with van der Waals surface area (Å²) in [6, 6.07) is 0. The quantitative estimate of drug-likeness (QED) is 0.817. The molecule has 4 heteroatoms. The lowest BCUT2D eigenvalue weighted by Crippen LogP contribution is -1.93. The van der Waals surface area contributed by atoms with E-state index in [9.17, 15) is 4.79 Å². The van der Waals surface area contributed by atoms with E-state index >= 15 is 0 Å². The summed E-state index contributed by atoms with van der Waals surface area (Å²) in [7, 11) is 0. The van der Waals surface area contributed by atoms with Crippen molar-refractivity contribution < 1.29 is 9.90 Å². The molecule has 1 heterocycles. The van der Waals surface area contributed by atoms with Crippen LogP contribution in [0.3, 0.4) is 0 Å². The molecular weight excluding hydrogens is 234 g/mol. The maximum atomic E-state index is 10.6. The van der Waals surface area contributed by atoms with Crippen molar-refractivity contribution >= 4 is 23.4 Å². The third kappa shape index (κ3) is 3.40. The summed E-state index contributed by atoms with van der Waals surface area (Å²) < 4.78 is 0. The average Bonchev–Trinajstić information content (AvgIpc) is 2.98. The molecule has 0 amide bonds. The van der Waals surface area contributed by atoms with Crippen LogP contribution in [0.4, 0.5) is 0 Å². The van der Waals surface area contributed by atoms with Crippen molar-refractivity contribution in [3.63, 3.8) is 0 Å². The molecule has 0 atom stereocenters. The smallest absolute Gasteiger partial charge is 0.328 e. The summed E-state index contributed by atoms with van der Waals surface area (Å²) in [5.74, 6) is 0.260. The first kappa shape index (κ1) is 12.3. The zero-order valence-electron chi connectivity index (χ0n) is 10.1. The molecule has 1 aliphatic carbocycles. The van der Waals surface area contributed by atoms with Crippen LogP contribution in [-0.4, -0.2) is 16.1 Å². The second-order valence-corrected chi connectivity index (χ2v) is 6.02. The van der Waals surface area contributed by atoms with Gasteiger partial charge in [0.15, 0.2) is 0 Å². The second-order valence-electron chi connectivity index (χ2n) is 4.90. The SMILES string of the molecule is CC(C)Cc1nc(C2CC2)c(/C=C/C(=O)O)s1. The van der Waals surface area contributed by atoms with Crippen LogP contribution in [0.5, 0.6) is 0 Å². The third-order valence-electron chi connectivity index (χ3n) is 2.65. The van der Waals surface area contributed by atoms with Crippen molar-refractivity contribution in [2.24, 2.45) is 5.92 Å². The van der Waals surface area contributed by atoms with Gasteiger partial charge in [-0.1, -0.05) is 13.8 Å². The average molecular weight is 251 g/mol. The molecule has 0 unspecified atom stereocenters. The van der Waals surface area contributed by atoms with E-state index < -0.39 is 5.97 Å². The molecule has 0 radical (unpaired) electrons. The fourth-order valence-electron chi connectivity index (χ4n) is 1.74. The fraction of sp³-hybridized carbons (Fsp3) is 0.538. The van der Waals surface area contributed by atoms with E-state index in [0.717, 1.165) is 22.0 Å². The maximum absolute atomic E-state index is 10.6. The number of carbonyl (C=O) groups is 1. The van der Waals surface area contributed by atoms with Crippen molar-refractivity contribution in [2.45, 2.75) is 39.0 Å². The highest BCUT2D eigenvalue weighted by atomic mass is 32.1. The zero-order valence-corrected chi connectivity index (χ0v) is 11.0. The monoisotopic (exact) mass is 251 g/mol. The standard InChI is InChI=1S/C13H17NO2S/c1-8(2)7-11-14-13(9-3-4-9)10(17-11)5-6-12(15)16/h5-6,8-9H,3-4,7H2,1-2H3,(H,15,16)/b6-5+. The molecular formula is C13H17NO2S. The lowest BCUT2D eigenvalue weighted by Gasteiger charge is -1.98. The molecule has 1 fully saturated rings. The number of thiazole rings is 1. The Labute approximate surface area is 105 Å². The minimum absolute atomic E-state index is 0.570. The number of aromatic nitrogens is 1. The molecule has 2 rings (SSSR count). The van der Waals surface area contributed by atoms with Crippen LogP contribution in [0.25, 0.3) is 6.08 Å². The molecule has 0 aliphatic heterocycles. The molecule has 92 valence electrons. The fourth-order valence-corrected chi connectivity index (χ4v) is 3.01. The van der Waals surface area contributed by atoms with Crippen LogP contribution in [-0.2, 0) is 11.2 Å². The number of nitrogens with zero attached hydrogens (tertiary/aromatic N) is 1. The van der Waals surface area contributed by atoms with E-state index in [1.165, 1.54) is 18.9 Å². The minimum Gasteiger partial charge on any atom is -0.478 e. The summed E-state index contributed by atoms with van der Waals surface area (Å²) >= 11 is 1.64. The molecule has 1 aliphatic rings. The minimum atomic E-state index is -0.898. The molecule has 0 saturated heterocycles. The van der Waals surface area contributed by atoms with Crippen molar-refractivity contribution in [1.82, 2.24) is 4.98 Å². The zero-order chi connectivity index (χ0) is 12.4. The largest absolute Gasteiger partial charge is 0.478 e. The summed E-state index contributed by atoms with van der Waals surface area (Å²) in [6.07, 6.45) is 6.26. The number of hydrogen-bond donors (Lipinski definition) is 1. The molecule has 1 aromatic rings. The first-order valence-corrected chi connectivity index (χ1v) is 6.78. The van der Waals surface area contributed by atoms with E-state index in [2.05, 4.69) is 18.8 Å². The van der Waals surface area contributed by atoms with Crippen LogP contribution in [0.15, 0.2) is 6.08 Å². The molecule has 0 spiro atoms. The lowest BCUT2D eigenvalue weighted by atomic mass is 10.1. The van der Waals surface area contributed by atoms with Crippen LogP contribution in [0.1, 0.15) is 48.2 Å². The van der Waals surface area contributed by atoms with Crippen molar-refractivity contribution in [2.75, 3.05) is 0 Å². The van der Waals surface area contributed by atoms with E-state index in [1.807, 2.05) is 0 Å². The second kappa shape index (κ2) is 5.00. The van der Waals surface area contributed by atoms with Gasteiger partial charge < -0.3 is 5.11 Å². The number of carboxylic acids is 1.